The summed E-state index contributed by atoms with van der Waals surface area (Å²) in [6, 6.07) is 12.5. The summed E-state index contributed by atoms with van der Waals surface area (Å²) in [5.74, 6) is 2.01. The summed E-state index contributed by atoms with van der Waals surface area (Å²) in [5, 5.41) is 6.84. The summed E-state index contributed by atoms with van der Waals surface area (Å²) >= 11 is 0. The second kappa shape index (κ2) is 6.84. The Hall–Kier alpha value is -3.02. The van der Waals surface area contributed by atoms with Gasteiger partial charge in [0, 0.05) is 23.2 Å². The highest BCUT2D eigenvalue weighted by atomic mass is 16.5. The second-order valence-corrected chi connectivity index (χ2v) is 6.18. The van der Waals surface area contributed by atoms with Gasteiger partial charge in [0.1, 0.15) is 5.82 Å². The van der Waals surface area contributed by atoms with Crippen LogP contribution < -0.4 is 5.32 Å². The van der Waals surface area contributed by atoms with Crippen LogP contribution in [0.5, 0.6) is 0 Å². The number of carbonyl (C=O) groups is 1. The first-order valence-corrected chi connectivity index (χ1v) is 8.46. The average Bonchev–Trinajstić information content (AvgIpc) is 3.34. The quantitative estimate of drug-likeness (QED) is 0.778. The van der Waals surface area contributed by atoms with Crippen molar-refractivity contribution >= 4 is 11.7 Å². The lowest BCUT2D eigenvalue weighted by Crippen LogP contribution is -2.12. The number of hydrogen-bond acceptors (Lipinski definition) is 5. The predicted octanol–water partition coefficient (Wildman–Crippen LogP) is 4.04. The Morgan fingerprint density at radius 2 is 1.88 bits per heavy atom. The standard InChI is InChI=1S/C19H18N4O2/c24-18(21-16-7-3-4-12-20-16)14-10-8-13(9-11-14)17-22-19(25-23-17)15-5-1-2-6-15/h3-4,7-12,15H,1-2,5-6H2,(H,20,21,24). The van der Waals surface area contributed by atoms with E-state index in [-0.39, 0.29) is 5.91 Å². The normalized spacial score (nSPS) is 14.6. The van der Waals surface area contributed by atoms with Crippen LogP contribution in [-0.2, 0) is 0 Å². The van der Waals surface area contributed by atoms with Gasteiger partial charge in [-0.15, -0.1) is 0 Å². The Morgan fingerprint density at radius 1 is 1.08 bits per heavy atom. The molecule has 3 aromatic rings. The third-order valence-electron chi connectivity index (χ3n) is 4.46. The molecule has 4 rings (SSSR count). The van der Waals surface area contributed by atoms with E-state index in [1.54, 1.807) is 30.5 Å². The molecule has 1 N–H and O–H groups in total. The number of carbonyl (C=O) groups excluding carboxylic acids is 1. The highest BCUT2D eigenvalue weighted by Crippen LogP contribution is 2.33. The highest BCUT2D eigenvalue weighted by Gasteiger charge is 2.23. The number of pyridine rings is 1. The van der Waals surface area contributed by atoms with Crippen LogP contribution in [0.25, 0.3) is 11.4 Å². The lowest BCUT2D eigenvalue weighted by atomic mass is 10.1. The van der Waals surface area contributed by atoms with E-state index in [0.717, 1.165) is 24.3 Å². The van der Waals surface area contributed by atoms with Gasteiger partial charge in [-0.2, -0.15) is 4.98 Å². The smallest absolute Gasteiger partial charge is 0.256 e. The molecule has 6 heteroatoms. The summed E-state index contributed by atoms with van der Waals surface area (Å²) in [6.07, 6.45) is 6.32. The van der Waals surface area contributed by atoms with Crippen molar-refractivity contribution in [3.63, 3.8) is 0 Å². The molecular formula is C19H18N4O2. The molecule has 0 radical (unpaired) electrons. The zero-order valence-corrected chi connectivity index (χ0v) is 13.7. The van der Waals surface area contributed by atoms with Gasteiger partial charge in [0.05, 0.1) is 0 Å². The predicted molar refractivity (Wildman–Crippen MR) is 93.1 cm³/mol. The molecule has 1 saturated carbocycles. The molecule has 25 heavy (non-hydrogen) atoms. The van der Waals surface area contributed by atoms with Crippen molar-refractivity contribution < 1.29 is 9.32 Å². The van der Waals surface area contributed by atoms with Crippen LogP contribution in [0.1, 0.15) is 47.8 Å². The highest BCUT2D eigenvalue weighted by molar-refractivity contribution is 6.03. The monoisotopic (exact) mass is 334 g/mol. The molecular weight excluding hydrogens is 316 g/mol. The van der Waals surface area contributed by atoms with Gasteiger partial charge in [0.2, 0.25) is 11.7 Å². The van der Waals surface area contributed by atoms with E-state index in [2.05, 4.69) is 20.4 Å². The lowest BCUT2D eigenvalue weighted by Gasteiger charge is -2.04. The van der Waals surface area contributed by atoms with Crippen LogP contribution in [0.3, 0.4) is 0 Å². The van der Waals surface area contributed by atoms with Gasteiger partial charge in [0.15, 0.2) is 0 Å². The topological polar surface area (TPSA) is 80.9 Å². The van der Waals surface area contributed by atoms with E-state index in [4.69, 9.17) is 4.52 Å². The van der Waals surface area contributed by atoms with Gasteiger partial charge in [-0.25, -0.2) is 4.98 Å². The third kappa shape index (κ3) is 3.42. The van der Waals surface area contributed by atoms with Gasteiger partial charge in [0.25, 0.3) is 5.91 Å². The zero-order valence-electron chi connectivity index (χ0n) is 13.7. The molecule has 6 nitrogen and oxygen atoms in total. The minimum absolute atomic E-state index is 0.204. The van der Waals surface area contributed by atoms with Crippen molar-refractivity contribution in [1.82, 2.24) is 15.1 Å². The van der Waals surface area contributed by atoms with E-state index in [1.807, 2.05) is 18.2 Å². The maximum absolute atomic E-state index is 12.2. The van der Waals surface area contributed by atoms with E-state index in [0.29, 0.717) is 23.1 Å². The summed E-state index contributed by atoms with van der Waals surface area (Å²) in [6.45, 7) is 0. The molecule has 1 amide bonds. The Morgan fingerprint density at radius 3 is 2.60 bits per heavy atom. The molecule has 1 aliphatic rings. The minimum Gasteiger partial charge on any atom is -0.339 e. The molecule has 0 atom stereocenters. The number of anilines is 1. The van der Waals surface area contributed by atoms with Crippen molar-refractivity contribution in [3.05, 3.63) is 60.1 Å². The number of benzene rings is 1. The first-order chi connectivity index (χ1) is 12.3. The summed E-state index contributed by atoms with van der Waals surface area (Å²) in [7, 11) is 0. The Kier molecular flexibility index (Phi) is 4.24. The zero-order chi connectivity index (χ0) is 17.1. The first-order valence-electron chi connectivity index (χ1n) is 8.46. The largest absolute Gasteiger partial charge is 0.339 e. The molecule has 0 spiro atoms. The fourth-order valence-corrected chi connectivity index (χ4v) is 3.09. The third-order valence-corrected chi connectivity index (χ3v) is 4.46. The number of hydrogen-bond donors (Lipinski definition) is 1. The molecule has 1 aliphatic carbocycles. The summed E-state index contributed by atoms with van der Waals surface area (Å²) < 4.78 is 5.41. The van der Waals surface area contributed by atoms with Crippen LogP contribution in [0.2, 0.25) is 0 Å². The van der Waals surface area contributed by atoms with Crippen molar-refractivity contribution in [2.45, 2.75) is 31.6 Å². The van der Waals surface area contributed by atoms with Crippen LogP contribution in [0, 0.1) is 0 Å². The van der Waals surface area contributed by atoms with Gasteiger partial charge >= 0.3 is 0 Å². The van der Waals surface area contributed by atoms with Crippen molar-refractivity contribution in [2.24, 2.45) is 0 Å². The van der Waals surface area contributed by atoms with Gasteiger partial charge in [-0.3, -0.25) is 4.79 Å². The Labute approximate surface area is 145 Å². The Balaban J connectivity index is 1.47. The van der Waals surface area contributed by atoms with Crippen molar-refractivity contribution in [3.8, 4) is 11.4 Å². The molecule has 2 aromatic heterocycles. The van der Waals surface area contributed by atoms with Crippen molar-refractivity contribution in [1.29, 1.82) is 0 Å². The minimum atomic E-state index is -0.204. The first kappa shape index (κ1) is 15.5. The maximum atomic E-state index is 12.2. The average molecular weight is 334 g/mol. The van der Waals surface area contributed by atoms with Gasteiger partial charge in [-0.1, -0.05) is 36.2 Å². The molecule has 0 unspecified atom stereocenters. The maximum Gasteiger partial charge on any atom is 0.256 e. The fraction of sp³-hybridized carbons (Fsp3) is 0.263. The van der Waals surface area contributed by atoms with Crippen LogP contribution in [0.15, 0.2) is 53.2 Å². The summed E-state index contributed by atoms with van der Waals surface area (Å²) in [4.78, 5) is 20.8. The number of nitrogens with one attached hydrogen (secondary N) is 1. The van der Waals surface area contributed by atoms with E-state index in [1.165, 1.54) is 12.8 Å². The van der Waals surface area contributed by atoms with Crippen LogP contribution in [0.4, 0.5) is 5.82 Å². The van der Waals surface area contributed by atoms with Gasteiger partial charge in [-0.05, 0) is 37.1 Å². The van der Waals surface area contributed by atoms with E-state index >= 15 is 0 Å². The Bertz CT molecular complexity index is 853. The molecule has 0 bridgehead atoms. The molecule has 0 aliphatic heterocycles. The number of amides is 1. The lowest BCUT2D eigenvalue weighted by molar-refractivity contribution is 0.102. The number of aromatic nitrogens is 3. The van der Waals surface area contributed by atoms with E-state index < -0.39 is 0 Å². The molecule has 2 heterocycles. The molecule has 1 aromatic carbocycles. The molecule has 126 valence electrons. The number of nitrogens with zero attached hydrogens (tertiary/aromatic N) is 3. The van der Waals surface area contributed by atoms with Gasteiger partial charge < -0.3 is 9.84 Å². The van der Waals surface area contributed by atoms with Crippen LogP contribution >= 0.6 is 0 Å². The van der Waals surface area contributed by atoms with Crippen LogP contribution in [-0.4, -0.2) is 21.0 Å². The summed E-state index contributed by atoms with van der Waals surface area (Å²) in [5.41, 5.74) is 1.39. The second-order valence-electron chi connectivity index (χ2n) is 6.18. The molecule has 1 fully saturated rings. The number of rotatable bonds is 4. The van der Waals surface area contributed by atoms with Crippen molar-refractivity contribution in [2.75, 3.05) is 5.32 Å². The fourth-order valence-electron chi connectivity index (χ4n) is 3.09. The SMILES string of the molecule is O=C(Nc1ccccn1)c1ccc(-c2noc(C3CCCC3)n2)cc1. The molecule has 0 saturated heterocycles. The van der Waals surface area contributed by atoms with E-state index in [9.17, 15) is 4.79 Å².